The molecule has 0 bridgehead atoms. The summed E-state index contributed by atoms with van der Waals surface area (Å²) < 4.78 is 0. The van der Waals surface area contributed by atoms with Crippen LogP contribution in [0.5, 0.6) is 0 Å². The summed E-state index contributed by atoms with van der Waals surface area (Å²) in [5, 5.41) is 0. The van der Waals surface area contributed by atoms with Crippen molar-refractivity contribution in [1.29, 1.82) is 0 Å². The molecule has 1 fully saturated rings. The molecular formula is C12H21NOS. The lowest BCUT2D eigenvalue weighted by molar-refractivity contribution is -0.129. The molecule has 0 aromatic heterocycles. The Kier molecular flexibility index (Phi) is 4.26. The van der Waals surface area contributed by atoms with Crippen LogP contribution in [0, 0.1) is 5.41 Å². The minimum atomic E-state index is 0.0546. The van der Waals surface area contributed by atoms with Crippen LogP contribution in [0.4, 0.5) is 0 Å². The second-order valence-corrected chi connectivity index (χ2v) is 5.96. The summed E-state index contributed by atoms with van der Waals surface area (Å²) in [4.78, 5) is 14.7. The smallest absolute Gasteiger partial charge is 0.227 e. The molecule has 0 N–H and O–H groups in total. The van der Waals surface area contributed by atoms with Gasteiger partial charge in [0.25, 0.3) is 0 Å². The summed E-state index contributed by atoms with van der Waals surface area (Å²) in [5.41, 5.74) is 0.0546. The van der Waals surface area contributed by atoms with Crippen LogP contribution >= 0.6 is 12.2 Å². The fourth-order valence-electron chi connectivity index (χ4n) is 1.80. The van der Waals surface area contributed by atoms with Gasteiger partial charge in [0.05, 0.1) is 4.99 Å². The lowest BCUT2D eigenvalue weighted by Crippen LogP contribution is -2.37. The normalized spacial score (nSPS) is 18.9. The fourth-order valence-corrected chi connectivity index (χ4v) is 2.13. The molecule has 0 radical (unpaired) electrons. The molecule has 0 unspecified atom stereocenters. The maximum absolute atomic E-state index is 12.0. The molecule has 15 heavy (non-hydrogen) atoms. The molecule has 0 spiro atoms. The molecule has 0 aromatic carbocycles. The number of hydrogen-bond donors (Lipinski definition) is 0. The summed E-state index contributed by atoms with van der Waals surface area (Å²) in [7, 11) is 0. The van der Waals surface area contributed by atoms with Crippen molar-refractivity contribution in [3.63, 3.8) is 0 Å². The van der Waals surface area contributed by atoms with Crippen molar-refractivity contribution in [2.75, 3.05) is 6.54 Å². The first kappa shape index (κ1) is 12.6. The average Bonchev–Trinajstić information content (AvgIpc) is 2.26. The van der Waals surface area contributed by atoms with E-state index in [9.17, 15) is 4.79 Å². The van der Waals surface area contributed by atoms with Crippen molar-refractivity contribution in [2.45, 2.75) is 52.9 Å². The molecule has 86 valence electrons. The standard InChI is InChI=1S/C12H21NOS/c1-12(2,3)9-10(14)13-8-6-4-5-7-11(13)15/h4-9H2,1-3H3. The van der Waals surface area contributed by atoms with Crippen LogP contribution in [-0.2, 0) is 4.79 Å². The van der Waals surface area contributed by atoms with E-state index in [1.807, 2.05) is 4.90 Å². The van der Waals surface area contributed by atoms with Gasteiger partial charge in [-0.15, -0.1) is 0 Å². The second kappa shape index (κ2) is 5.06. The zero-order valence-corrected chi connectivity index (χ0v) is 10.8. The van der Waals surface area contributed by atoms with Gasteiger partial charge < -0.3 is 4.90 Å². The van der Waals surface area contributed by atoms with E-state index in [1.165, 1.54) is 6.42 Å². The van der Waals surface area contributed by atoms with Crippen LogP contribution in [0.25, 0.3) is 0 Å². The molecule has 2 nitrogen and oxygen atoms in total. The van der Waals surface area contributed by atoms with Gasteiger partial charge in [0, 0.05) is 13.0 Å². The predicted octanol–water partition coefficient (Wildman–Crippen LogP) is 3.15. The topological polar surface area (TPSA) is 20.3 Å². The first-order valence-electron chi connectivity index (χ1n) is 5.73. The van der Waals surface area contributed by atoms with Crippen LogP contribution in [0.1, 0.15) is 52.9 Å². The summed E-state index contributed by atoms with van der Waals surface area (Å²) >= 11 is 5.28. The number of carbonyl (C=O) groups is 1. The molecule has 0 aliphatic carbocycles. The number of thiocarbonyl (C=S) groups is 1. The van der Waals surface area contributed by atoms with E-state index in [-0.39, 0.29) is 11.3 Å². The molecule has 1 amide bonds. The summed E-state index contributed by atoms with van der Waals surface area (Å²) in [6, 6.07) is 0. The van der Waals surface area contributed by atoms with E-state index < -0.39 is 0 Å². The van der Waals surface area contributed by atoms with Crippen molar-refractivity contribution in [3.8, 4) is 0 Å². The highest BCUT2D eigenvalue weighted by Gasteiger charge is 2.24. The maximum Gasteiger partial charge on any atom is 0.227 e. The highest BCUT2D eigenvalue weighted by Crippen LogP contribution is 2.22. The molecule has 0 atom stereocenters. The van der Waals surface area contributed by atoms with Gasteiger partial charge in [-0.1, -0.05) is 39.4 Å². The molecule has 0 aromatic rings. The third kappa shape index (κ3) is 4.29. The molecule has 1 heterocycles. The quantitative estimate of drug-likeness (QED) is 0.641. The Labute approximate surface area is 98.0 Å². The van der Waals surface area contributed by atoms with Gasteiger partial charge in [0.15, 0.2) is 0 Å². The maximum atomic E-state index is 12.0. The van der Waals surface area contributed by atoms with E-state index >= 15 is 0 Å². The second-order valence-electron chi connectivity index (χ2n) is 5.49. The number of hydrogen-bond acceptors (Lipinski definition) is 2. The van der Waals surface area contributed by atoms with E-state index in [0.29, 0.717) is 6.42 Å². The number of nitrogens with zero attached hydrogens (tertiary/aromatic N) is 1. The highest BCUT2D eigenvalue weighted by atomic mass is 32.1. The lowest BCUT2D eigenvalue weighted by Gasteiger charge is -2.25. The minimum Gasteiger partial charge on any atom is -0.307 e. The van der Waals surface area contributed by atoms with Gasteiger partial charge >= 0.3 is 0 Å². The highest BCUT2D eigenvalue weighted by molar-refractivity contribution is 7.80. The van der Waals surface area contributed by atoms with Gasteiger partial charge in [-0.2, -0.15) is 0 Å². The molecule has 3 heteroatoms. The zero-order chi connectivity index (χ0) is 11.5. The van der Waals surface area contributed by atoms with Gasteiger partial charge in [0.2, 0.25) is 5.91 Å². The van der Waals surface area contributed by atoms with Crippen LogP contribution < -0.4 is 0 Å². The minimum absolute atomic E-state index is 0.0546. The summed E-state index contributed by atoms with van der Waals surface area (Å²) in [6.45, 7) is 7.09. The third-order valence-electron chi connectivity index (χ3n) is 2.56. The van der Waals surface area contributed by atoms with Crippen LogP contribution in [0.15, 0.2) is 0 Å². The molecular weight excluding hydrogens is 206 g/mol. The average molecular weight is 227 g/mol. The molecule has 0 saturated carbocycles. The molecule has 1 aliphatic rings. The Balaban J connectivity index is 2.60. The summed E-state index contributed by atoms with van der Waals surface area (Å²) in [5.74, 6) is 0.203. The van der Waals surface area contributed by atoms with Gasteiger partial charge in [-0.25, -0.2) is 0 Å². The van der Waals surface area contributed by atoms with Gasteiger partial charge in [-0.05, 0) is 24.7 Å². The predicted molar refractivity (Wildman–Crippen MR) is 66.9 cm³/mol. The van der Waals surface area contributed by atoms with Gasteiger partial charge in [-0.3, -0.25) is 4.79 Å². The van der Waals surface area contributed by atoms with Crippen molar-refractivity contribution < 1.29 is 4.79 Å². The largest absolute Gasteiger partial charge is 0.307 e. The van der Waals surface area contributed by atoms with Crippen LogP contribution in [0.2, 0.25) is 0 Å². The Morgan fingerprint density at radius 3 is 2.60 bits per heavy atom. The van der Waals surface area contributed by atoms with E-state index in [2.05, 4.69) is 20.8 Å². The Morgan fingerprint density at radius 1 is 1.33 bits per heavy atom. The van der Waals surface area contributed by atoms with Crippen molar-refractivity contribution in [1.82, 2.24) is 4.90 Å². The van der Waals surface area contributed by atoms with Gasteiger partial charge in [0.1, 0.15) is 0 Å². The first-order chi connectivity index (χ1) is 6.90. The van der Waals surface area contributed by atoms with Crippen LogP contribution in [-0.4, -0.2) is 22.3 Å². The van der Waals surface area contributed by atoms with Crippen molar-refractivity contribution in [3.05, 3.63) is 0 Å². The monoisotopic (exact) mass is 227 g/mol. The van der Waals surface area contributed by atoms with E-state index in [1.54, 1.807) is 0 Å². The number of carbonyl (C=O) groups excluding carboxylic acids is 1. The Hall–Kier alpha value is -0.440. The fraction of sp³-hybridized carbons (Fsp3) is 0.833. The van der Waals surface area contributed by atoms with Crippen molar-refractivity contribution >= 4 is 23.1 Å². The lowest BCUT2D eigenvalue weighted by atomic mass is 9.91. The van der Waals surface area contributed by atoms with E-state index in [4.69, 9.17) is 12.2 Å². The Bertz CT molecular complexity index is 255. The van der Waals surface area contributed by atoms with Crippen molar-refractivity contribution in [2.24, 2.45) is 5.41 Å². The SMILES string of the molecule is CC(C)(C)CC(=O)N1CCCCCC1=S. The first-order valence-corrected chi connectivity index (χ1v) is 6.14. The molecule has 1 aliphatic heterocycles. The molecule has 1 saturated heterocycles. The number of likely N-dealkylation sites (tertiary alicyclic amines) is 1. The zero-order valence-electron chi connectivity index (χ0n) is 10.0. The number of amides is 1. The number of rotatable bonds is 1. The third-order valence-corrected chi connectivity index (χ3v) is 2.98. The van der Waals surface area contributed by atoms with Crippen LogP contribution in [0.3, 0.4) is 0 Å². The molecule has 1 rings (SSSR count). The Morgan fingerprint density at radius 2 is 2.00 bits per heavy atom. The summed E-state index contributed by atoms with van der Waals surface area (Å²) in [6.07, 6.45) is 4.92. The van der Waals surface area contributed by atoms with E-state index in [0.717, 1.165) is 30.8 Å².